The van der Waals surface area contributed by atoms with Gasteiger partial charge in [0, 0.05) is 13.2 Å². The maximum absolute atomic E-state index is 10.6. The molecule has 0 aromatic carbocycles. The lowest BCUT2D eigenvalue weighted by Crippen LogP contribution is -2.07. The van der Waals surface area contributed by atoms with Crippen LogP contribution in [0.1, 0.15) is 80.6 Å². The minimum atomic E-state index is -0.974. The van der Waals surface area contributed by atoms with E-state index >= 15 is 0 Å². The van der Waals surface area contributed by atoms with E-state index < -0.39 is 11.9 Å². The number of aliphatic carboxylic acids is 1. The van der Waals surface area contributed by atoms with Gasteiger partial charge in [0.15, 0.2) is 0 Å². The van der Waals surface area contributed by atoms with Crippen molar-refractivity contribution < 1.29 is 34.4 Å². The van der Waals surface area contributed by atoms with Crippen molar-refractivity contribution in [2.24, 2.45) is 0 Å². The number of ether oxygens (including phenoxy) is 2. The van der Waals surface area contributed by atoms with Crippen LogP contribution in [0.2, 0.25) is 0 Å². The van der Waals surface area contributed by atoms with E-state index in [1.54, 1.807) is 11.1 Å². The van der Waals surface area contributed by atoms with Crippen LogP contribution in [-0.2, 0) is 19.1 Å². The first kappa shape index (κ1) is 34.1. The summed E-state index contributed by atoms with van der Waals surface area (Å²) in [5, 5.41) is 23.4. The molecule has 0 aromatic rings. The molecule has 0 saturated heterocycles. The number of hydrogen-bond acceptors (Lipinski definition) is 6. The molecule has 7 heteroatoms. The van der Waals surface area contributed by atoms with E-state index in [-0.39, 0.29) is 26.1 Å². The number of esters is 1. The average molecular weight is 409 g/mol. The van der Waals surface area contributed by atoms with Gasteiger partial charge in [0.2, 0.25) is 0 Å². The molecule has 0 atom stereocenters. The van der Waals surface area contributed by atoms with Crippen LogP contribution in [-0.4, -0.2) is 60.3 Å². The van der Waals surface area contributed by atoms with Crippen molar-refractivity contribution >= 4 is 11.9 Å². The molecule has 0 unspecified atom stereocenters. The monoisotopic (exact) mass is 408 g/mol. The minimum Gasteiger partial charge on any atom is -0.481 e. The van der Waals surface area contributed by atoms with Gasteiger partial charge in [-0.25, -0.2) is 0 Å². The molecule has 0 amide bonds. The highest BCUT2D eigenvalue weighted by molar-refractivity contribution is 5.76. The number of carboxylic acid groups (broad SMARTS) is 1. The molecule has 0 rings (SSSR count). The number of hydrogen-bond donors (Lipinski definition) is 3. The predicted molar refractivity (Wildman–Crippen MR) is 113 cm³/mol. The van der Waals surface area contributed by atoms with E-state index in [1.807, 2.05) is 20.8 Å². The Morgan fingerprint density at radius 1 is 0.786 bits per heavy atom. The number of carbonyl (C=O) groups excluding carboxylic acids is 1. The lowest BCUT2D eigenvalue weighted by atomic mass is 10.1. The van der Waals surface area contributed by atoms with Crippen LogP contribution in [0.25, 0.3) is 0 Å². The Morgan fingerprint density at radius 3 is 1.43 bits per heavy atom. The molecular formula is C21H44O7. The van der Waals surface area contributed by atoms with E-state index in [0.717, 1.165) is 19.6 Å². The zero-order valence-electron chi connectivity index (χ0n) is 19.0. The van der Waals surface area contributed by atoms with Gasteiger partial charge in [-0.2, -0.15) is 0 Å². The Kier molecular flexibility index (Phi) is 36.9. The topological polar surface area (TPSA) is 113 Å². The molecule has 0 heterocycles. The van der Waals surface area contributed by atoms with Crippen LogP contribution in [0.3, 0.4) is 0 Å². The van der Waals surface area contributed by atoms with E-state index in [4.69, 9.17) is 20.1 Å². The molecule has 7 nitrogen and oxygen atoms in total. The fraction of sp³-hybridized carbons (Fsp3) is 0.810. The first-order valence-electron chi connectivity index (χ1n) is 10.0. The van der Waals surface area contributed by atoms with E-state index in [1.165, 1.54) is 12.8 Å². The zero-order valence-corrected chi connectivity index (χ0v) is 19.0. The number of allylic oxidation sites excluding steroid dienone is 2. The van der Waals surface area contributed by atoms with Gasteiger partial charge in [-0.15, -0.1) is 0 Å². The lowest BCUT2D eigenvalue weighted by molar-refractivity contribution is -0.147. The largest absolute Gasteiger partial charge is 0.481 e. The Bertz CT molecular complexity index is 350. The van der Waals surface area contributed by atoms with Gasteiger partial charge < -0.3 is 24.8 Å². The van der Waals surface area contributed by atoms with Crippen molar-refractivity contribution in [1.29, 1.82) is 0 Å². The van der Waals surface area contributed by atoms with Crippen LogP contribution in [0.5, 0.6) is 0 Å². The van der Waals surface area contributed by atoms with E-state index in [0.29, 0.717) is 6.61 Å². The summed E-state index contributed by atoms with van der Waals surface area (Å²) in [4.78, 5) is 20.6. The SMILES string of the molecule is CC/C(C)=C(\C)CC.CCCOC(=O)CCC(=O)O.CCOCC.OCCO. The number of aliphatic hydroxyl groups is 2. The Hall–Kier alpha value is -1.44. The molecule has 0 aromatic heterocycles. The molecule has 0 fully saturated rings. The van der Waals surface area contributed by atoms with Crippen LogP contribution < -0.4 is 0 Å². The Morgan fingerprint density at radius 2 is 1.21 bits per heavy atom. The fourth-order valence-electron chi connectivity index (χ4n) is 1.30. The smallest absolute Gasteiger partial charge is 0.306 e. The second-order valence-corrected chi connectivity index (χ2v) is 5.61. The van der Waals surface area contributed by atoms with Crippen molar-refractivity contribution in [3.63, 3.8) is 0 Å². The van der Waals surface area contributed by atoms with Crippen molar-refractivity contribution in [2.45, 2.75) is 80.6 Å². The summed E-state index contributed by atoms with van der Waals surface area (Å²) < 4.78 is 9.47. The number of carboxylic acids is 1. The van der Waals surface area contributed by atoms with Crippen LogP contribution in [0.15, 0.2) is 11.1 Å². The van der Waals surface area contributed by atoms with Gasteiger partial charge in [0.05, 0.1) is 32.7 Å². The highest BCUT2D eigenvalue weighted by Gasteiger charge is 2.04. The first-order valence-corrected chi connectivity index (χ1v) is 10.0. The maximum atomic E-state index is 10.6. The van der Waals surface area contributed by atoms with Crippen LogP contribution in [0.4, 0.5) is 0 Å². The highest BCUT2D eigenvalue weighted by atomic mass is 16.5. The molecule has 3 N–H and O–H groups in total. The molecule has 170 valence electrons. The summed E-state index contributed by atoms with van der Waals surface area (Å²) in [7, 11) is 0. The van der Waals surface area contributed by atoms with Crippen LogP contribution in [0, 0.1) is 0 Å². The van der Waals surface area contributed by atoms with Gasteiger partial charge in [-0.1, -0.05) is 31.9 Å². The Labute approximate surface area is 171 Å². The maximum Gasteiger partial charge on any atom is 0.306 e. The first-order chi connectivity index (χ1) is 13.2. The number of carbonyl (C=O) groups is 2. The summed E-state index contributed by atoms with van der Waals surface area (Å²) in [6, 6.07) is 0. The second kappa shape index (κ2) is 30.3. The molecule has 0 aliphatic heterocycles. The summed E-state index contributed by atoms with van der Waals surface area (Å²) >= 11 is 0. The lowest BCUT2D eigenvalue weighted by Gasteiger charge is -1.99. The molecule has 28 heavy (non-hydrogen) atoms. The van der Waals surface area contributed by atoms with E-state index in [9.17, 15) is 9.59 Å². The summed E-state index contributed by atoms with van der Waals surface area (Å²) in [5.74, 6) is -1.41. The average Bonchev–Trinajstić information content (AvgIpc) is 2.71. The molecule has 0 saturated carbocycles. The third-order valence-electron chi connectivity index (χ3n) is 3.31. The van der Waals surface area contributed by atoms with Gasteiger partial charge in [0.1, 0.15) is 0 Å². The molecule has 0 bridgehead atoms. The van der Waals surface area contributed by atoms with Crippen molar-refractivity contribution in [2.75, 3.05) is 33.0 Å². The van der Waals surface area contributed by atoms with Gasteiger partial charge in [0.25, 0.3) is 0 Å². The molecule has 0 aliphatic rings. The summed E-state index contributed by atoms with van der Waals surface area (Å²) in [6.07, 6.45) is 3.00. The molecular weight excluding hydrogens is 364 g/mol. The predicted octanol–water partition coefficient (Wildman–Crippen LogP) is 3.96. The minimum absolute atomic E-state index is 0.0324. The molecule has 0 aliphatic carbocycles. The molecule has 0 radical (unpaired) electrons. The van der Waals surface area contributed by atoms with Crippen molar-refractivity contribution in [3.8, 4) is 0 Å². The normalized spacial score (nSPS) is 10.0. The second-order valence-electron chi connectivity index (χ2n) is 5.61. The van der Waals surface area contributed by atoms with Gasteiger partial charge in [-0.3, -0.25) is 9.59 Å². The zero-order chi connectivity index (χ0) is 22.8. The van der Waals surface area contributed by atoms with Gasteiger partial charge in [-0.05, 0) is 47.0 Å². The van der Waals surface area contributed by atoms with E-state index in [2.05, 4.69) is 32.4 Å². The third-order valence-corrected chi connectivity index (χ3v) is 3.31. The van der Waals surface area contributed by atoms with Gasteiger partial charge >= 0.3 is 11.9 Å². The Balaban J connectivity index is -0.000000148. The quantitative estimate of drug-likeness (QED) is 0.370. The van der Waals surface area contributed by atoms with Crippen molar-refractivity contribution in [3.05, 3.63) is 11.1 Å². The van der Waals surface area contributed by atoms with Crippen LogP contribution >= 0.6 is 0 Å². The number of aliphatic hydroxyl groups excluding tert-OH is 2. The number of rotatable bonds is 10. The third kappa shape index (κ3) is 39.6. The molecule has 0 spiro atoms. The fourth-order valence-corrected chi connectivity index (χ4v) is 1.30. The summed E-state index contributed by atoms with van der Waals surface area (Å²) in [6.45, 7) is 16.5. The summed E-state index contributed by atoms with van der Waals surface area (Å²) in [5.41, 5.74) is 3.10. The highest BCUT2D eigenvalue weighted by Crippen LogP contribution is 2.09. The van der Waals surface area contributed by atoms with Crippen molar-refractivity contribution in [1.82, 2.24) is 0 Å². The standard InChI is InChI=1S/C8H16.C7H12O4.C4H10O.C2H6O2/c1-5-7(3)8(4)6-2;1-2-5-11-7(10)4-3-6(8)9;1-3-5-4-2;3-1-2-4/h5-6H2,1-4H3;2-5H2,1H3,(H,8,9);3-4H2,1-2H3;3-4H,1-2H2/b8-7+;;;.